The summed E-state index contributed by atoms with van der Waals surface area (Å²) in [6.07, 6.45) is 0. The number of benzene rings is 1. The first-order valence-electron chi connectivity index (χ1n) is 4.28. The SMILES string of the molecule is CC(C)(N)C(F)(F)c1cc(Cl)ccc1F. The van der Waals surface area contributed by atoms with Gasteiger partial charge in [0.25, 0.3) is 5.92 Å². The van der Waals surface area contributed by atoms with E-state index in [-0.39, 0.29) is 5.02 Å². The maximum Gasteiger partial charge on any atom is 0.293 e. The second-order valence-corrected chi connectivity index (χ2v) is 4.36. The molecule has 0 spiro atoms. The van der Waals surface area contributed by atoms with Crippen LogP contribution in [0.3, 0.4) is 0 Å². The minimum atomic E-state index is -3.47. The van der Waals surface area contributed by atoms with Gasteiger partial charge in [0.1, 0.15) is 5.82 Å². The molecule has 0 unspecified atom stereocenters. The average Bonchev–Trinajstić information content (AvgIpc) is 2.07. The Morgan fingerprint density at radius 1 is 1.27 bits per heavy atom. The second kappa shape index (κ2) is 3.68. The lowest BCUT2D eigenvalue weighted by atomic mass is 9.91. The zero-order chi connectivity index (χ0) is 11.9. The highest BCUT2D eigenvalue weighted by atomic mass is 35.5. The first-order chi connectivity index (χ1) is 6.66. The van der Waals surface area contributed by atoms with Crippen molar-refractivity contribution in [3.8, 4) is 0 Å². The fourth-order valence-electron chi connectivity index (χ4n) is 1.09. The van der Waals surface area contributed by atoms with Crippen LogP contribution in [0.4, 0.5) is 13.2 Å². The van der Waals surface area contributed by atoms with Crippen molar-refractivity contribution < 1.29 is 13.2 Å². The first kappa shape index (κ1) is 12.3. The Bertz CT molecular complexity index is 371. The van der Waals surface area contributed by atoms with E-state index in [9.17, 15) is 13.2 Å². The van der Waals surface area contributed by atoms with Gasteiger partial charge in [0, 0.05) is 5.02 Å². The van der Waals surface area contributed by atoms with Gasteiger partial charge in [-0.15, -0.1) is 0 Å². The molecule has 1 aromatic carbocycles. The van der Waals surface area contributed by atoms with Crippen LogP contribution in [-0.2, 0) is 5.92 Å². The molecule has 5 heteroatoms. The molecule has 0 fully saturated rings. The van der Waals surface area contributed by atoms with Crippen molar-refractivity contribution in [2.24, 2.45) is 5.73 Å². The van der Waals surface area contributed by atoms with Crippen LogP contribution in [-0.4, -0.2) is 5.54 Å². The third kappa shape index (κ3) is 2.26. The van der Waals surface area contributed by atoms with Gasteiger partial charge in [-0.2, -0.15) is 8.78 Å². The molecule has 2 N–H and O–H groups in total. The molecule has 0 aliphatic carbocycles. The van der Waals surface area contributed by atoms with Gasteiger partial charge in [0.15, 0.2) is 0 Å². The van der Waals surface area contributed by atoms with E-state index in [0.29, 0.717) is 0 Å². The summed E-state index contributed by atoms with van der Waals surface area (Å²) in [5.74, 6) is -4.48. The van der Waals surface area contributed by atoms with Crippen molar-refractivity contribution >= 4 is 11.6 Å². The molecule has 0 heterocycles. The summed E-state index contributed by atoms with van der Waals surface area (Å²) in [6, 6.07) is 3.00. The summed E-state index contributed by atoms with van der Waals surface area (Å²) in [5, 5.41) is 0.0512. The van der Waals surface area contributed by atoms with Crippen molar-refractivity contribution in [1.82, 2.24) is 0 Å². The molecule has 0 aliphatic rings. The predicted molar refractivity (Wildman–Crippen MR) is 53.6 cm³/mol. The van der Waals surface area contributed by atoms with E-state index in [2.05, 4.69) is 0 Å². The minimum absolute atomic E-state index is 0.0512. The highest BCUT2D eigenvalue weighted by molar-refractivity contribution is 6.30. The third-order valence-corrected chi connectivity index (χ3v) is 2.31. The Labute approximate surface area is 91.0 Å². The number of halogens is 4. The van der Waals surface area contributed by atoms with E-state index in [0.717, 1.165) is 26.0 Å². The minimum Gasteiger partial charge on any atom is -0.320 e. The van der Waals surface area contributed by atoms with E-state index in [1.807, 2.05) is 0 Å². The number of nitrogens with two attached hydrogens (primary N) is 1. The van der Waals surface area contributed by atoms with Crippen molar-refractivity contribution in [2.45, 2.75) is 25.3 Å². The van der Waals surface area contributed by atoms with Crippen LogP contribution in [0.2, 0.25) is 5.02 Å². The van der Waals surface area contributed by atoms with Crippen LogP contribution in [0.15, 0.2) is 18.2 Å². The van der Waals surface area contributed by atoms with Crippen LogP contribution in [0.5, 0.6) is 0 Å². The molecular weight excluding hydrogens is 227 g/mol. The van der Waals surface area contributed by atoms with Gasteiger partial charge >= 0.3 is 0 Å². The number of hydrogen-bond acceptors (Lipinski definition) is 1. The summed E-state index contributed by atoms with van der Waals surface area (Å²) in [5.41, 5.74) is 2.68. The predicted octanol–water partition coefficient (Wildman–Crippen LogP) is 3.31. The van der Waals surface area contributed by atoms with Crippen molar-refractivity contribution in [1.29, 1.82) is 0 Å². The average molecular weight is 238 g/mol. The lowest BCUT2D eigenvalue weighted by Gasteiger charge is -2.30. The van der Waals surface area contributed by atoms with Gasteiger partial charge in [-0.1, -0.05) is 11.6 Å². The zero-order valence-electron chi connectivity index (χ0n) is 8.32. The molecule has 0 saturated heterocycles. The molecule has 0 saturated carbocycles. The molecule has 0 aliphatic heterocycles. The quantitative estimate of drug-likeness (QED) is 0.839. The van der Waals surface area contributed by atoms with Crippen LogP contribution in [0, 0.1) is 5.82 Å². The fraction of sp³-hybridized carbons (Fsp3) is 0.400. The number of alkyl halides is 2. The monoisotopic (exact) mass is 237 g/mol. The van der Waals surface area contributed by atoms with Crippen molar-refractivity contribution in [2.75, 3.05) is 0 Å². The van der Waals surface area contributed by atoms with Crippen molar-refractivity contribution in [3.63, 3.8) is 0 Å². The Balaban J connectivity index is 3.32. The maximum absolute atomic E-state index is 13.7. The fourth-order valence-corrected chi connectivity index (χ4v) is 1.26. The molecule has 0 radical (unpaired) electrons. The largest absolute Gasteiger partial charge is 0.320 e. The van der Waals surface area contributed by atoms with E-state index in [4.69, 9.17) is 17.3 Å². The first-order valence-corrected chi connectivity index (χ1v) is 4.66. The molecule has 84 valence electrons. The van der Waals surface area contributed by atoms with Crippen LogP contribution >= 0.6 is 11.6 Å². The summed E-state index contributed by atoms with van der Waals surface area (Å²) in [4.78, 5) is 0. The van der Waals surface area contributed by atoms with Gasteiger partial charge in [-0.3, -0.25) is 0 Å². The summed E-state index contributed by atoms with van der Waals surface area (Å²) in [6.45, 7) is 2.26. The van der Waals surface area contributed by atoms with Crippen LogP contribution < -0.4 is 5.73 Å². The molecule has 0 aromatic heterocycles. The van der Waals surface area contributed by atoms with Crippen LogP contribution in [0.25, 0.3) is 0 Å². The van der Waals surface area contributed by atoms with E-state index < -0.39 is 22.8 Å². The van der Waals surface area contributed by atoms with Gasteiger partial charge in [-0.05, 0) is 32.0 Å². The van der Waals surface area contributed by atoms with Gasteiger partial charge in [0.05, 0.1) is 11.1 Å². The van der Waals surface area contributed by atoms with Gasteiger partial charge < -0.3 is 5.73 Å². The van der Waals surface area contributed by atoms with Crippen molar-refractivity contribution in [3.05, 3.63) is 34.6 Å². The van der Waals surface area contributed by atoms with Gasteiger partial charge in [-0.25, -0.2) is 4.39 Å². The molecule has 1 nitrogen and oxygen atoms in total. The van der Waals surface area contributed by atoms with Crippen LogP contribution in [0.1, 0.15) is 19.4 Å². The Morgan fingerprint density at radius 2 is 1.80 bits per heavy atom. The highest BCUT2D eigenvalue weighted by Gasteiger charge is 2.47. The normalized spacial score (nSPS) is 13.0. The summed E-state index contributed by atoms with van der Waals surface area (Å²) >= 11 is 5.53. The molecule has 15 heavy (non-hydrogen) atoms. The third-order valence-electron chi connectivity index (χ3n) is 2.08. The molecule has 0 atom stereocenters. The lowest BCUT2D eigenvalue weighted by Crippen LogP contribution is -2.48. The second-order valence-electron chi connectivity index (χ2n) is 3.92. The van der Waals surface area contributed by atoms with E-state index in [1.54, 1.807) is 0 Å². The summed E-state index contributed by atoms with van der Waals surface area (Å²) < 4.78 is 40.6. The molecule has 1 rings (SSSR count). The van der Waals surface area contributed by atoms with E-state index in [1.165, 1.54) is 6.07 Å². The Hall–Kier alpha value is -0.740. The number of hydrogen-bond donors (Lipinski definition) is 1. The molecule has 0 amide bonds. The smallest absolute Gasteiger partial charge is 0.293 e. The molecule has 1 aromatic rings. The van der Waals surface area contributed by atoms with E-state index >= 15 is 0 Å². The zero-order valence-corrected chi connectivity index (χ0v) is 9.08. The van der Waals surface area contributed by atoms with Gasteiger partial charge in [0.2, 0.25) is 0 Å². The standard InChI is InChI=1S/C10H11ClF3N/c1-9(2,15)10(13,14)7-5-6(11)3-4-8(7)12/h3-5H,15H2,1-2H3. The highest BCUT2D eigenvalue weighted by Crippen LogP contribution is 2.39. The maximum atomic E-state index is 13.7. The number of rotatable bonds is 2. The summed E-state index contributed by atoms with van der Waals surface area (Å²) in [7, 11) is 0. The Morgan fingerprint density at radius 3 is 2.27 bits per heavy atom. The Kier molecular flexibility index (Phi) is 3.03. The lowest BCUT2D eigenvalue weighted by molar-refractivity contribution is -0.0700. The molecular formula is C10H11ClF3N. The topological polar surface area (TPSA) is 26.0 Å². The molecule has 0 bridgehead atoms.